The molecule has 2 fully saturated rings. The van der Waals surface area contributed by atoms with E-state index in [-0.39, 0.29) is 0 Å². The van der Waals surface area contributed by atoms with E-state index in [1.165, 1.54) is 25.7 Å². The summed E-state index contributed by atoms with van der Waals surface area (Å²) in [7, 11) is -1.03. The Morgan fingerprint density at radius 3 is 2.06 bits per heavy atom. The molecule has 5 unspecified atom stereocenters. The monoisotopic (exact) mass is 246 g/mol. The van der Waals surface area contributed by atoms with Gasteiger partial charge in [-0.3, -0.25) is 0 Å². The van der Waals surface area contributed by atoms with Crippen LogP contribution in [0.15, 0.2) is 24.3 Å². The summed E-state index contributed by atoms with van der Waals surface area (Å²) in [5.41, 5.74) is 1.04. The molecule has 3 aliphatic rings. The average molecular weight is 246 g/mol. The van der Waals surface area contributed by atoms with E-state index in [0.29, 0.717) is 0 Å². The molecule has 17 heavy (non-hydrogen) atoms. The lowest BCUT2D eigenvalue weighted by Gasteiger charge is -2.37. The van der Waals surface area contributed by atoms with E-state index in [1.54, 1.807) is 0 Å². The molecular weight excluding hydrogens is 220 g/mol. The third-order valence-electron chi connectivity index (χ3n) is 5.47. The first kappa shape index (κ1) is 11.8. The molecule has 5 atom stereocenters. The Morgan fingerprint density at radius 1 is 0.824 bits per heavy atom. The van der Waals surface area contributed by atoms with Crippen LogP contribution in [0.5, 0.6) is 0 Å². The van der Waals surface area contributed by atoms with Crippen LogP contribution in [0.25, 0.3) is 0 Å². The van der Waals surface area contributed by atoms with Crippen molar-refractivity contribution < 1.29 is 0 Å². The number of fused-ring (bicyclic) bond motifs is 3. The molecule has 0 amide bonds. The van der Waals surface area contributed by atoms with E-state index in [2.05, 4.69) is 43.9 Å². The van der Waals surface area contributed by atoms with Crippen LogP contribution in [-0.4, -0.2) is 8.07 Å². The standard InChI is InChI=1S/C16H26Si/c1-17(2,3)16-14-10-6-4-8-12(14)13-9-5-7-11-15(13)16/h4,6,8,10,12-16H,5,7,9,11H2,1-3H3. The van der Waals surface area contributed by atoms with Crippen molar-refractivity contribution in [2.24, 2.45) is 23.7 Å². The zero-order valence-electron chi connectivity index (χ0n) is 11.5. The minimum Gasteiger partial charge on any atom is -0.0808 e. The van der Waals surface area contributed by atoms with E-state index in [9.17, 15) is 0 Å². The van der Waals surface area contributed by atoms with Crippen LogP contribution in [0.1, 0.15) is 25.7 Å². The van der Waals surface area contributed by atoms with Gasteiger partial charge in [-0.15, -0.1) is 0 Å². The fourth-order valence-corrected chi connectivity index (χ4v) is 8.23. The Hall–Kier alpha value is -0.303. The molecule has 0 radical (unpaired) electrons. The van der Waals surface area contributed by atoms with E-state index in [1.807, 2.05) is 0 Å². The van der Waals surface area contributed by atoms with Crippen LogP contribution in [0.4, 0.5) is 0 Å². The van der Waals surface area contributed by atoms with Crippen molar-refractivity contribution >= 4 is 8.07 Å². The second kappa shape index (κ2) is 4.12. The van der Waals surface area contributed by atoms with Gasteiger partial charge in [-0.25, -0.2) is 0 Å². The average Bonchev–Trinajstić information content (AvgIpc) is 2.63. The largest absolute Gasteiger partial charge is 0.0808 e. The molecule has 2 saturated carbocycles. The van der Waals surface area contributed by atoms with Crippen LogP contribution in [-0.2, 0) is 0 Å². The van der Waals surface area contributed by atoms with Gasteiger partial charge in [0.15, 0.2) is 0 Å². The Kier molecular flexibility index (Phi) is 2.85. The molecule has 0 nitrogen and oxygen atoms in total. The lowest BCUT2D eigenvalue weighted by Crippen LogP contribution is -2.35. The van der Waals surface area contributed by atoms with E-state index >= 15 is 0 Å². The molecule has 0 heterocycles. The summed E-state index contributed by atoms with van der Waals surface area (Å²) in [6.45, 7) is 7.79. The van der Waals surface area contributed by atoms with Gasteiger partial charge < -0.3 is 0 Å². The Labute approximate surface area is 107 Å². The summed E-state index contributed by atoms with van der Waals surface area (Å²) < 4.78 is 0. The maximum absolute atomic E-state index is 2.60. The normalized spacial score (nSPS) is 44.5. The molecule has 0 spiro atoms. The molecule has 1 heteroatoms. The smallest absolute Gasteiger partial charge is 0.0483 e. The molecule has 0 aromatic heterocycles. The summed E-state index contributed by atoms with van der Waals surface area (Å²) in [6.07, 6.45) is 15.7. The first-order valence-corrected chi connectivity index (χ1v) is 11.0. The molecule has 94 valence electrons. The van der Waals surface area contributed by atoms with E-state index in [4.69, 9.17) is 0 Å². The highest BCUT2D eigenvalue weighted by molar-refractivity contribution is 6.77. The third-order valence-corrected chi connectivity index (χ3v) is 8.28. The molecule has 0 saturated heterocycles. The Morgan fingerprint density at radius 2 is 1.41 bits per heavy atom. The summed E-state index contributed by atoms with van der Waals surface area (Å²) >= 11 is 0. The van der Waals surface area contributed by atoms with Crippen LogP contribution in [0, 0.1) is 23.7 Å². The lowest BCUT2D eigenvalue weighted by atomic mass is 9.77. The minimum atomic E-state index is -1.03. The van der Waals surface area contributed by atoms with Gasteiger partial charge in [-0.1, -0.05) is 63.2 Å². The highest BCUT2D eigenvalue weighted by atomic mass is 28.3. The van der Waals surface area contributed by atoms with Crippen LogP contribution < -0.4 is 0 Å². The van der Waals surface area contributed by atoms with Gasteiger partial charge >= 0.3 is 0 Å². The maximum atomic E-state index is 2.60. The second-order valence-electron chi connectivity index (χ2n) is 7.43. The SMILES string of the molecule is C[Si](C)(C)C1C2C=CC=CC2C2CCCCC21. The first-order chi connectivity index (χ1) is 8.09. The van der Waals surface area contributed by atoms with Gasteiger partial charge in [0, 0.05) is 8.07 Å². The summed E-state index contributed by atoms with van der Waals surface area (Å²) in [6, 6.07) is 0. The highest BCUT2D eigenvalue weighted by Gasteiger charge is 2.53. The van der Waals surface area contributed by atoms with Crippen LogP contribution in [0.2, 0.25) is 25.2 Å². The predicted octanol–water partition coefficient (Wildman–Crippen LogP) is 4.87. The maximum Gasteiger partial charge on any atom is 0.0483 e. The molecule has 3 rings (SSSR count). The molecule has 0 aliphatic heterocycles. The molecule has 0 N–H and O–H groups in total. The zero-order chi connectivity index (χ0) is 12.0. The van der Waals surface area contributed by atoms with Gasteiger partial charge in [-0.2, -0.15) is 0 Å². The molecule has 0 bridgehead atoms. The van der Waals surface area contributed by atoms with Crippen molar-refractivity contribution in [1.82, 2.24) is 0 Å². The summed E-state index contributed by atoms with van der Waals surface area (Å²) in [5, 5.41) is 0. The third kappa shape index (κ3) is 1.87. The van der Waals surface area contributed by atoms with Crippen molar-refractivity contribution in [2.45, 2.75) is 50.9 Å². The van der Waals surface area contributed by atoms with Crippen LogP contribution in [0.3, 0.4) is 0 Å². The number of allylic oxidation sites excluding steroid dienone is 4. The van der Waals surface area contributed by atoms with Gasteiger partial charge in [0.1, 0.15) is 0 Å². The quantitative estimate of drug-likeness (QED) is 0.579. The van der Waals surface area contributed by atoms with Crippen molar-refractivity contribution in [2.75, 3.05) is 0 Å². The van der Waals surface area contributed by atoms with Crippen molar-refractivity contribution in [3.05, 3.63) is 24.3 Å². The predicted molar refractivity (Wildman–Crippen MR) is 77.8 cm³/mol. The highest BCUT2D eigenvalue weighted by Crippen LogP contribution is 2.60. The van der Waals surface area contributed by atoms with Gasteiger partial charge in [0.2, 0.25) is 0 Å². The summed E-state index contributed by atoms with van der Waals surface area (Å²) in [4.78, 5) is 0. The minimum absolute atomic E-state index is 0.889. The molecule has 3 aliphatic carbocycles. The Balaban J connectivity index is 1.97. The zero-order valence-corrected chi connectivity index (χ0v) is 12.5. The van der Waals surface area contributed by atoms with E-state index < -0.39 is 8.07 Å². The fourth-order valence-electron chi connectivity index (χ4n) is 5.05. The van der Waals surface area contributed by atoms with Gasteiger partial charge in [-0.05, 0) is 35.6 Å². The molecule has 0 aromatic rings. The van der Waals surface area contributed by atoms with Gasteiger partial charge in [0.25, 0.3) is 0 Å². The number of rotatable bonds is 1. The topological polar surface area (TPSA) is 0 Å². The van der Waals surface area contributed by atoms with Crippen molar-refractivity contribution in [3.63, 3.8) is 0 Å². The van der Waals surface area contributed by atoms with Crippen molar-refractivity contribution in [3.8, 4) is 0 Å². The second-order valence-corrected chi connectivity index (χ2v) is 12.8. The number of hydrogen-bond acceptors (Lipinski definition) is 0. The summed E-state index contributed by atoms with van der Waals surface area (Å²) in [5.74, 6) is 3.85. The van der Waals surface area contributed by atoms with E-state index in [0.717, 1.165) is 29.2 Å². The lowest BCUT2D eigenvalue weighted by molar-refractivity contribution is 0.247. The Bertz CT molecular complexity index is 347. The first-order valence-electron chi connectivity index (χ1n) is 7.44. The molecule has 0 aromatic carbocycles. The van der Waals surface area contributed by atoms with Gasteiger partial charge in [0.05, 0.1) is 0 Å². The van der Waals surface area contributed by atoms with Crippen molar-refractivity contribution in [1.29, 1.82) is 0 Å². The number of hydrogen-bond donors (Lipinski definition) is 0. The fraction of sp³-hybridized carbons (Fsp3) is 0.750. The van der Waals surface area contributed by atoms with Crippen LogP contribution >= 0.6 is 0 Å². The molecular formula is C16H26Si.